The van der Waals surface area contributed by atoms with Crippen LogP contribution in [0, 0.1) is 5.92 Å². The van der Waals surface area contributed by atoms with Crippen molar-refractivity contribution in [1.82, 2.24) is 16.0 Å². The maximum atomic E-state index is 12.9. The Morgan fingerprint density at radius 3 is 2.12 bits per heavy atom. The molecule has 0 saturated heterocycles. The summed E-state index contributed by atoms with van der Waals surface area (Å²) in [5, 5.41) is 16.0. The van der Waals surface area contributed by atoms with E-state index >= 15 is 0 Å². The van der Waals surface area contributed by atoms with E-state index < -0.39 is 54.3 Å². The standard InChI is InChI=1S/C19H36N8O6/c1-3-10(2)15(27-16(31)11(20)5-4-8-24-19(22)23)18(33)26-12(6-7-13(21)28)17(32)25-9-14(29)30/h10-12,15H,3-9,20H2,1-2H3,(H2,21,28)(H,25,32)(H,26,33)(H,27,31)(H,29,30)(H4,22,23,24). The Balaban J connectivity index is 5.25. The Kier molecular flexibility index (Phi) is 13.8. The van der Waals surface area contributed by atoms with E-state index in [1.165, 1.54) is 0 Å². The number of carboxylic acids is 1. The highest BCUT2D eigenvalue weighted by molar-refractivity contribution is 5.94. The number of nitrogens with one attached hydrogen (secondary N) is 3. The van der Waals surface area contributed by atoms with E-state index in [1.807, 2.05) is 6.92 Å². The third kappa shape index (κ3) is 12.9. The minimum atomic E-state index is -1.28. The van der Waals surface area contributed by atoms with E-state index in [0.717, 1.165) is 0 Å². The first-order valence-electron chi connectivity index (χ1n) is 10.6. The second-order valence-corrected chi connectivity index (χ2v) is 7.60. The van der Waals surface area contributed by atoms with Gasteiger partial charge in [-0.05, 0) is 25.2 Å². The van der Waals surface area contributed by atoms with Gasteiger partial charge in [-0.1, -0.05) is 20.3 Å². The summed E-state index contributed by atoms with van der Waals surface area (Å²) in [5.74, 6) is -4.39. The van der Waals surface area contributed by atoms with E-state index in [2.05, 4.69) is 20.9 Å². The fraction of sp³-hybridized carbons (Fsp3) is 0.684. The molecule has 0 spiro atoms. The zero-order valence-electron chi connectivity index (χ0n) is 19.0. The monoisotopic (exact) mass is 472 g/mol. The fourth-order valence-corrected chi connectivity index (χ4v) is 2.72. The molecule has 4 unspecified atom stereocenters. The van der Waals surface area contributed by atoms with Crippen LogP contribution in [0.2, 0.25) is 0 Å². The van der Waals surface area contributed by atoms with Crippen molar-refractivity contribution in [3.05, 3.63) is 0 Å². The number of carbonyl (C=O) groups is 5. The molecule has 0 aromatic carbocycles. The van der Waals surface area contributed by atoms with Gasteiger partial charge >= 0.3 is 5.97 Å². The molecule has 0 aliphatic rings. The molecule has 0 rings (SSSR count). The van der Waals surface area contributed by atoms with E-state index in [4.69, 9.17) is 28.0 Å². The Morgan fingerprint density at radius 2 is 1.61 bits per heavy atom. The smallest absolute Gasteiger partial charge is 0.322 e. The summed E-state index contributed by atoms with van der Waals surface area (Å²) in [6.07, 6.45) is 0.891. The number of guanidine groups is 1. The molecule has 0 bridgehead atoms. The lowest BCUT2D eigenvalue weighted by molar-refractivity contribution is -0.139. The zero-order valence-corrected chi connectivity index (χ0v) is 19.0. The Bertz CT molecular complexity index is 725. The summed E-state index contributed by atoms with van der Waals surface area (Å²) in [6.45, 7) is 3.18. The van der Waals surface area contributed by atoms with Crippen LogP contribution >= 0.6 is 0 Å². The van der Waals surface area contributed by atoms with Gasteiger partial charge in [0.25, 0.3) is 0 Å². The topological polar surface area (TPSA) is 258 Å². The molecule has 4 atom stereocenters. The number of carbonyl (C=O) groups excluding carboxylic acids is 4. The number of primary amides is 1. The molecule has 14 heteroatoms. The maximum absolute atomic E-state index is 12.9. The molecule has 0 heterocycles. The van der Waals surface area contributed by atoms with Crippen molar-refractivity contribution < 1.29 is 29.1 Å². The van der Waals surface area contributed by atoms with Crippen molar-refractivity contribution in [3.8, 4) is 0 Å². The number of aliphatic carboxylic acids is 1. The highest BCUT2D eigenvalue weighted by Gasteiger charge is 2.31. The predicted molar refractivity (Wildman–Crippen MR) is 120 cm³/mol. The van der Waals surface area contributed by atoms with Gasteiger partial charge < -0.3 is 44.0 Å². The number of nitrogens with zero attached hydrogens (tertiary/aromatic N) is 1. The van der Waals surface area contributed by atoms with Crippen LogP contribution in [0.1, 0.15) is 46.0 Å². The highest BCUT2D eigenvalue weighted by atomic mass is 16.4. The Hall–Kier alpha value is -3.42. The van der Waals surface area contributed by atoms with Gasteiger partial charge in [0.1, 0.15) is 18.6 Å². The second-order valence-electron chi connectivity index (χ2n) is 7.60. The van der Waals surface area contributed by atoms with Gasteiger partial charge in [0, 0.05) is 13.0 Å². The van der Waals surface area contributed by atoms with Crippen LogP contribution in [0.5, 0.6) is 0 Å². The summed E-state index contributed by atoms with van der Waals surface area (Å²) in [4.78, 5) is 63.4. The number of amides is 4. The quantitative estimate of drug-likeness (QED) is 0.0639. The van der Waals surface area contributed by atoms with Gasteiger partial charge in [0.05, 0.1) is 6.04 Å². The number of carboxylic acid groups (broad SMARTS) is 1. The molecule has 33 heavy (non-hydrogen) atoms. The first kappa shape index (κ1) is 29.6. The minimum Gasteiger partial charge on any atom is -0.480 e. The molecule has 0 radical (unpaired) electrons. The lowest BCUT2D eigenvalue weighted by atomic mass is 9.97. The number of rotatable bonds is 16. The zero-order chi connectivity index (χ0) is 25.6. The van der Waals surface area contributed by atoms with Crippen molar-refractivity contribution >= 4 is 35.6 Å². The summed E-state index contributed by atoms with van der Waals surface area (Å²) in [5.41, 5.74) is 21.5. The highest BCUT2D eigenvalue weighted by Crippen LogP contribution is 2.10. The van der Waals surface area contributed by atoms with Crippen molar-refractivity contribution in [2.24, 2.45) is 33.8 Å². The van der Waals surface area contributed by atoms with Gasteiger partial charge in [-0.15, -0.1) is 0 Å². The van der Waals surface area contributed by atoms with Crippen LogP contribution in [0.25, 0.3) is 0 Å². The van der Waals surface area contributed by atoms with Crippen LogP contribution in [-0.2, 0) is 24.0 Å². The SMILES string of the molecule is CCC(C)C(NC(=O)C(N)CCCN=C(N)N)C(=O)NC(CCC(N)=O)C(=O)NCC(=O)O. The molecule has 0 saturated carbocycles. The van der Waals surface area contributed by atoms with Gasteiger partial charge in [-0.3, -0.25) is 29.0 Å². The van der Waals surface area contributed by atoms with Crippen molar-refractivity contribution in [1.29, 1.82) is 0 Å². The number of hydrogen-bond acceptors (Lipinski definition) is 7. The Labute approximate surface area is 192 Å². The molecule has 12 N–H and O–H groups in total. The minimum absolute atomic E-state index is 0.0696. The van der Waals surface area contributed by atoms with E-state index in [9.17, 15) is 24.0 Å². The molecule has 0 fully saturated rings. The van der Waals surface area contributed by atoms with E-state index in [0.29, 0.717) is 19.4 Å². The molecular weight excluding hydrogens is 436 g/mol. The second kappa shape index (κ2) is 15.4. The molecule has 0 aliphatic heterocycles. The molecule has 0 aromatic rings. The van der Waals surface area contributed by atoms with Gasteiger partial charge in [-0.2, -0.15) is 0 Å². The predicted octanol–water partition coefficient (Wildman–Crippen LogP) is -3.15. The average Bonchev–Trinajstić information content (AvgIpc) is 2.74. The number of aliphatic imine (C=N–C) groups is 1. The van der Waals surface area contributed by atoms with Crippen LogP contribution in [0.15, 0.2) is 4.99 Å². The summed E-state index contributed by atoms with van der Waals surface area (Å²) in [7, 11) is 0. The average molecular weight is 473 g/mol. The van der Waals surface area contributed by atoms with E-state index in [-0.39, 0.29) is 31.1 Å². The summed E-state index contributed by atoms with van der Waals surface area (Å²) < 4.78 is 0. The van der Waals surface area contributed by atoms with Gasteiger partial charge in [0.2, 0.25) is 23.6 Å². The van der Waals surface area contributed by atoms with Crippen molar-refractivity contribution in [2.75, 3.05) is 13.1 Å². The van der Waals surface area contributed by atoms with E-state index in [1.54, 1.807) is 6.92 Å². The summed E-state index contributed by atoms with van der Waals surface area (Å²) in [6, 6.07) is -3.15. The first-order valence-corrected chi connectivity index (χ1v) is 10.6. The van der Waals surface area contributed by atoms with Crippen LogP contribution in [0.4, 0.5) is 0 Å². The normalized spacial score (nSPS) is 14.2. The van der Waals surface area contributed by atoms with Crippen LogP contribution < -0.4 is 38.9 Å². The van der Waals surface area contributed by atoms with Gasteiger partial charge in [-0.25, -0.2) is 0 Å². The fourth-order valence-electron chi connectivity index (χ4n) is 2.72. The van der Waals surface area contributed by atoms with Crippen molar-refractivity contribution in [3.63, 3.8) is 0 Å². The first-order chi connectivity index (χ1) is 15.4. The Morgan fingerprint density at radius 1 is 0.970 bits per heavy atom. The summed E-state index contributed by atoms with van der Waals surface area (Å²) >= 11 is 0. The molecular formula is C19H36N8O6. The number of nitrogens with two attached hydrogens (primary N) is 4. The largest absolute Gasteiger partial charge is 0.480 e. The molecule has 14 nitrogen and oxygen atoms in total. The van der Waals surface area contributed by atoms with Crippen molar-refractivity contribution in [2.45, 2.75) is 64.1 Å². The maximum Gasteiger partial charge on any atom is 0.322 e. The molecule has 0 aromatic heterocycles. The lowest BCUT2D eigenvalue weighted by Gasteiger charge is -2.27. The molecule has 4 amide bonds. The lowest BCUT2D eigenvalue weighted by Crippen LogP contribution is -2.58. The third-order valence-corrected chi connectivity index (χ3v) is 4.82. The molecule has 188 valence electrons. The molecule has 0 aliphatic carbocycles. The third-order valence-electron chi connectivity index (χ3n) is 4.82. The van der Waals surface area contributed by atoms with Crippen LogP contribution in [0.3, 0.4) is 0 Å². The number of hydrogen-bond donors (Lipinski definition) is 8. The van der Waals surface area contributed by atoms with Crippen LogP contribution in [-0.4, -0.2) is 71.9 Å². The van der Waals surface area contributed by atoms with Gasteiger partial charge in [0.15, 0.2) is 5.96 Å².